The van der Waals surface area contributed by atoms with E-state index in [1.165, 1.54) is 20.0 Å². The summed E-state index contributed by atoms with van der Waals surface area (Å²) in [7, 11) is 1.34. The zero-order valence-corrected chi connectivity index (χ0v) is 9.91. The molecule has 0 aromatic carbocycles. The predicted molar refractivity (Wildman–Crippen MR) is 59.8 cm³/mol. The van der Waals surface area contributed by atoms with Crippen molar-refractivity contribution >= 4 is 11.9 Å². The van der Waals surface area contributed by atoms with Crippen molar-refractivity contribution in [3.05, 3.63) is 0 Å². The van der Waals surface area contributed by atoms with Crippen LogP contribution in [0.2, 0.25) is 0 Å². The van der Waals surface area contributed by atoms with E-state index in [0.717, 1.165) is 12.5 Å². The second kappa shape index (κ2) is 6.48. The molecule has 1 unspecified atom stereocenters. The summed E-state index contributed by atoms with van der Waals surface area (Å²) in [4.78, 5) is 22.3. The summed E-state index contributed by atoms with van der Waals surface area (Å²) >= 11 is 0. The third-order valence-corrected chi connectivity index (χ3v) is 2.52. The molecule has 0 aromatic heterocycles. The minimum atomic E-state index is -0.307. The lowest BCUT2D eigenvalue weighted by Crippen LogP contribution is -2.40. The molecule has 16 heavy (non-hydrogen) atoms. The molecule has 0 radical (unpaired) electrons. The van der Waals surface area contributed by atoms with Gasteiger partial charge in [0, 0.05) is 6.04 Å². The molecule has 0 aliphatic heterocycles. The predicted octanol–water partition coefficient (Wildman–Crippen LogP) is 0.0538. The first-order chi connectivity index (χ1) is 7.61. The molecule has 2 N–H and O–H groups in total. The van der Waals surface area contributed by atoms with Crippen LogP contribution in [0.5, 0.6) is 0 Å². The van der Waals surface area contributed by atoms with Gasteiger partial charge in [-0.1, -0.05) is 0 Å². The lowest BCUT2D eigenvalue weighted by molar-refractivity contribution is -0.141. The summed E-state index contributed by atoms with van der Waals surface area (Å²) in [5.41, 5.74) is 0. The van der Waals surface area contributed by atoms with Gasteiger partial charge < -0.3 is 15.4 Å². The van der Waals surface area contributed by atoms with Gasteiger partial charge in [-0.15, -0.1) is 0 Å². The highest BCUT2D eigenvalue weighted by molar-refractivity contribution is 5.79. The van der Waals surface area contributed by atoms with Gasteiger partial charge in [0.25, 0.3) is 0 Å². The smallest absolute Gasteiger partial charge is 0.307 e. The van der Waals surface area contributed by atoms with Crippen molar-refractivity contribution in [2.45, 2.75) is 32.2 Å². The number of carbonyl (C=O) groups excluding carboxylic acids is 2. The van der Waals surface area contributed by atoms with Crippen molar-refractivity contribution in [1.82, 2.24) is 10.6 Å². The summed E-state index contributed by atoms with van der Waals surface area (Å²) in [6.45, 7) is 3.02. The van der Waals surface area contributed by atoms with Gasteiger partial charge in [-0.25, -0.2) is 0 Å². The van der Waals surface area contributed by atoms with Crippen LogP contribution in [0.1, 0.15) is 26.2 Å². The zero-order valence-electron chi connectivity index (χ0n) is 9.91. The Labute approximate surface area is 95.9 Å². The number of hydrogen-bond acceptors (Lipinski definition) is 4. The van der Waals surface area contributed by atoms with Crippen LogP contribution in [0, 0.1) is 5.92 Å². The molecule has 0 bridgehead atoms. The molecule has 1 saturated carbocycles. The van der Waals surface area contributed by atoms with E-state index in [9.17, 15) is 9.59 Å². The minimum absolute atomic E-state index is 0.0722. The average Bonchev–Trinajstić information content (AvgIpc) is 3.01. The van der Waals surface area contributed by atoms with Crippen molar-refractivity contribution in [1.29, 1.82) is 0 Å². The SMILES string of the molecule is COC(=O)CC(C)NC(=O)CNCC1CC1. The monoisotopic (exact) mass is 228 g/mol. The van der Waals surface area contributed by atoms with Crippen LogP contribution in [-0.4, -0.2) is 38.1 Å². The Bertz CT molecular complexity index is 252. The fraction of sp³-hybridized carbons (Fsp3) is 0.818. The fourth-order valence-electron chi connectivity index (χ4n) is 1.42. The Kier molecular flexibility index (Phi) is 5.25. The number of ether oxygens (including phenoxy) is 1. The van der Waals surface area contributed by atoms with E-state index >= 15 is 0 Å². The van der Waals surface area contributed by atoms with E-state index in [-0.39, 0.29) is 24.3 Å². The van der Waals surface area contributed by atoms with Crippen LogP contribution in [0.15, 0.2) is 0 Å². The lowest BCUT2D eigenvalue weighted by Gasteiger charge is -2.12. The van der Waals surface area contributed by atoms with E-state index in [1.807, 2.05) is 0 Å². The van der Waals surface area contributed by atoms with E-state index in [1.54, 1.807) is 6.92 Å². The fourth-order valence-corrected chi connectivity index (χ4v) is 1.42. The van der Waals surface area contributed by atoms with E-state index in [2.05, 4.69) is 15.4 Å². The molecule has 0 heterocycles. The van der Waals surface area contributed by atoms with Gasteiger partial charge in [0.2, 0.25) is 5.91 Å². The lowest BCUT2D eigenvalue weighted by atomic mass is 10.2. The summed E-state index contributed by atoms with van der Waals surface area (Å²) in [6, 6.07) is -0.178. The van der Waals surface area contributed by atoms with Crippen LogP contribution >= 0.6 is 0 Å². The molecule has 1 rings (SSSR count). The molecule has 1 fully saturated rings. The first-order valence-electron chi connectivity index (χ1n) is 5.68. The van der Waals surface area contributed by atoms with Gasteiger partial charge in [0.1, 0.15) is 0 Å². The van der Waals surface area contributed by atoms with Crippen LogP contribution in [-0.2, 0) is 14.3 Å². The minimum Gasteiger partial charge on any atom is -0.469 e. The Morgan fingerprint density at radius 1 is 1.44 bits per heavy atom. The quantitative estimate of drug-likeness (QED) is 0.604. The molecule has 5 heteroatoms. The van der Waals surface area contributed by atoms with Crippen LogP contribution in [0.25, 0.3) is 0 Å². The van der Waals surface area contributed by atoms with Crippen LogP contribution < -0.4 is 10.6 Å². The maximum absolute atomic E-state index is 11.4. The molecule has 5 nitrogen and oxygen atoms in total. The summed E-state index contributed by atoms with van der Waals surface area (Å²) < 4.78 is 4.52. The van der Waals surface area contributed by atoms with E-state index in [0.29, 0.717) is 6.54 Å². The second-order valence-corrected chi connectivity index (χ2v) is 4.32. The number of esters is 1. The van der Waals surface area contributed by atoms with Crippen molar-refractivity contribution in [2.24, 2.45) is 5.92 Å². The first kappa shape index (κ1) is 13.0. The van der Waals surface area contributed by atoms with Gasteiger partial charge in [0.05, 0.1) is 20.1 Å². The Balaban J connectivity index is 2.04. The van der Waals surface area contributed by atoms with Crippen LogP contribution in [0.3, 0.4) is 0 Å². The van der Waals surface area contributed by atoms with Crippen molar-refractivity contribution in [2.75, 3.05) is 20.2 Å². The molecular formula is C11H20N2O3. The Hall–Kier alpha value is -1.10. The third kappa shape index (κ3) is 5.70. The second-order valence-electron chi connectivity index (χ2n) is 4.32. The number of carbonyl (C=O) groups is 2. The first-order valence-corrected chi connectivity index (χ1v) is 5.68. The number of rotatable bonds is 7. The molecular weight excluding hydrogens is 208 g/mol. The number of hydrogen-bond donors (Lipinski definition) is 2. The molecule has 1 amide bonds. The molecule has 1 aliphatic rings. The maximum atomic E-state index is 11.4. The van der Waals surface area contributed by atoms with Gasteiger partial charge in [-0.05, 0) is 32.2 Å². The Morgan fingerprint density at radius 2 is 2.12 bits per heavy atom. The average molecular weight is 228 g/mol. The van der Waals surface area contributed by atoms with E-state index < -0.39 is 0 Å². The van der Waals surface area contributed by atoms with Crippen molar-refractivity contribution < 1.29 is 14.3 Å². The molecule has 0 saturated heterocycles. The highest BCUT2D eigenvalue weighted by atomic mass is 16.5. The number of methoxy groups -OCH3 is 1. The molecule has 0 aromatic rings. The molecule has 92 valence electrons. The Morgan fingerprint density at radius 3 is 2.69 bits per heavy atom. The largest absolute Gasteiger partial charge is 0.469 e. The summed E-state index contributed by atoms with van der Waals surface area (Å²) in [5, 5.41) is 5.83. The zero-order chi connectivity index (χ0) is 12.0. The van der Waals surface area contributed by atoms with Crippen molar-refractivity contribution in [3.63, 3.8) is 0 Å². The van der Waals surface area contributed by atoms with Crippen LogP contribution in [0.4, 0.5) is 0 Å². The normalized spacial score (nSPS) is 16.6. The number of nitrogens with one attached hydrogen (secondary N) is 2. The van der Waals surface area contributed by atoms with Gasteiger partial charge in [-0.2, -0.15) is 0 Å². The van der Waals surface area contributed by atoms with Gasteiger partial charge >= 0.3 is 5.97 Å². The standard InChI is InChI=1S/C11H20N2O3/c1-8(5-11(15)16-2)13-10(14)7-12-6-9-3-4-9/h8-9,12H,3-7H2,1-2H3,(H,13,14). The third-order valence-electron chi connectivity index (χ3n) is 2.52. The van der Waals surface area contributed by atoms with Gasteiger partial charge in [-0.3, -0.25) is 9.59 Å². The maximum Gasteiger partial charge on any atom is 0.307 e. The van der Waals surface area contributed by atoms with Crippen molar-refractivity contribution in [3.8, 4) is 0 Å². The number of amides is 1. The van der Waals surface area contributed by atoms with E-state index in [4.69, 9.17) is 0 Å². The summed E-state index contributed by atoms with van der Waals surface area (Å²) in [5.74, 6) is 0.385. The molecule has 0 spiro atoms. The summed E-state index contributed by atoms with van der Waals surface area (Å²) in [6.07, 6.45) is 2.76. The topological polar surface area (TPSA) is 67.4 Å². The highest BCUT2D eigenvalue weighted by Crippen LogP contribution is 2.27. The molecule has 1 aliphatic carbocycles. The molecule has 1 atom stereocenters. The highest BCUT2D eigenvalue weighted by Gasteiger charge is 2.20. The van der Waals surface area contributed by atoms with Gasteiger partial charge in [0.15, 0.2) is 0 Å².